The predicted octanol–water partition coefficient (Wildman–Crippen LogP) is 0.819. The molecule has 0 amide bonds. The molecule has 0 spiro atoms. The molecule has 2 N–H and O–H groups in total. The smallest absolute Gasteiger partial charge is 0.0165 e. The van der Waals surface area contributed by atoms with E-state index in [1.807, 2.05) is 0 Å². The summed E-state index contributed by atoms with van der Waals surface area (Å²) in [6.45, 7) is 5.80. The quantitative estimate of drug-likeness (QED) is 0.632. The summed E-state index contributed by atoms with van der Waals surface area (Å²) < 4.78 is 0. The molecule has 1 aliphatic rings. The van der Waals surface area contributed by atoms with E-state index in [0.717, 1.165) is 13.0 Å². The van der Waals surface area contributed by atoms with E-state index in [2.05, 4.69) is 11.8 Å². The van der Waals surface area contributed by atoms with Gasteiger partial charge in [0, 0.05) is 12.6 Å². The molecule has 2 heteroatoms. The van der Waals surface area contributed by atoms with Gasteiger partial charge < -0.3 is 10.6 Å². The van der Waals surface area contributed by atoms with Crippen LogP contribution in [0.4, 0.5) is 0 Å². The molecule has 1 rings (SSSR count). The summed E-state index contributed by atoms with van der Waals surface area (Å²) in [5, 5.41) is 0. The first-order chi connectivity index (χ1) is 4.83. The number of hydrogen-bond acceptors (Lipinski definition) is 2. The van der Waals surface area contributed by atoms with Crippen LogP contribution in [0.5, 0.6) is 0 Å². The van der Waals surface area contributed by atoms with Gasteiger partial charge in [0.05, 0.1) is 0 Å². The molecule has 0 aromatic heterocycles. The van der Waals surface area contributed by atoms with Crippen LogP contribution in [-0.4, -0.2) is 30.6 Å². The van der Waals surface area contributed by atoms with E-state index < -0.39 is 0 Å². The lowest BCUT2D eigenvalue weighted by Crippen LogP contribution is -2.35. The first kappa shape index (κ1) is 8.02. The van der Waals surface area contributed by atoms with Crippen LogP contribution in [0.3, 0.4) is 0 Å². The highest BCUT2D eigenvalue weighted by Crippen LogP contribution is 2.07. The Kier molecular flexibility index (Phi) is 3.16. The van der Waals surface area contributed by atoms with Crippen LogP contribution >= 0.6 is 0 Å². The second kappa shape index (κ2) is 3.94. The summed E-state index contributed by atoms with van der Waals surface area (Å²) >= 11 is 0. The van der Waals surface area contributed by atoms with Crippen molar-refractivity contribution in [1.29, 1.82) is 0 Å². The van der Waals surface area contributed by atoms with Gasteiger partial charge in [-0.2, -0.15) is 0 Å². The van der Waals surface area contributed by atoms with Gasteiger partial charge in [-0.15, -0.1) is 0 Å². The van der Waals surface area contributed by atoms with Crippen LogP contribution in [0.2, 0.25) is 0 Å². The summed E-state index contributed by atoms with van der Waals surface area (Å²) in [6, 6.07) is 0.401. The SMILES string of the molecule is CCC(N)CN1CCCC1. The topological polar surface area (TPSA) is 29.3 Å². The predicted molar refractivity (Wildman–Crippen MR) is 43.9 cm³/mol. The second-order valence-electron chi connectivity index (χ2n) is 3.18. The van der Waals surface area contributed by atoms with E-state index in [0.29, 0.717) is 6.04 Å². The third-order valence-corrected chi connectivity index (χ3v) is 2.22. The first-order valence-corrected chi connectivity index (χ1v) is 4.31. The molecule has 10 heavy (non-hydrogen) atoms. The molecule has 1 aliphatic heterocycles. The summed E-state index contributed by atoms with van der Waals surface area (Å²) in [6.07, 6.45) is 3.85. The minimum absolute atomic E-state index is 0.401. The lowest BCUT2D eigenvalue weighted by Gasteiger charge is -2.18. The fourth-order valence-electron chi connectivity index (χ4n) is 1.43. The van der Waals surface area contributed by atoms with Crippen molar-refractivity contribution in [3.8, 4) is 0 Å². The second-order valence-corrected chi connectivity index (χ2v) is 3.18. The molecular weight excluding hydrogens is 124 g/mol. The van der Waals surface area contributed by atoms with Gasteiger partial charge >= 0.3 is 0 Å². The van der Waals surface area contributed by atoms with Gasteiger partial charge in [0.15, 0.2) is 0 Å². The van der Waals surface area contributed by atoms with E-state index in [9.17, 15) is 0 Å². The summed E-state index contributed by atoms with van der Waals surface area (Å²) in [7, 11) is 0. The van der Waals surface area contributed by atoms with Gasteiger partial charge in [-0.3, -0.25) is 0 Å². The first-order valence-electron chi connectivity index (χ1n) is 4.31. The number of rotatable bonds is 3. The van der Waals surface area contributed by atoms with Crippen LogP contribution in [-0.2, 0) is 0 Å². The molecule has 1 fully saturated rings. The molecule has 0 bridgehead atoms. The van der Waals surface area contributed by atoms with Gasteiger partial charge in [0.25, 0.3) is 0 Å². The van der Waals surface area contributed by atoms with Gasteiger partial charge in [0.2, 0.25) is 0 Å². The lowest BCUT2D eigenvalue weighted by atomic mass is 10.2. The Morgan fingerprint density at radius 1 is 1.40 bits per heavy atom. The van der Waals surface area contributed by atoms with Gasteiger partial charge in [-0.05, 0) is 32.4 Å². The van der Waals surface area contributed by atoms with Crippen molar-refractivity contribution >= 4 is 0 Å². The molecule has 1 heterocycles. The van der Waals surface area contributed by atoms with Crippen LogP contribution in [0.25, 0.3) is 0 Å². The molecule has 0 aliphatic carbocycles. The van der Waals surface area contributed by atoms with Gasteiger partial charge in [-0.25, -0.2) is 0 Å². The molecular formula is C8H18N2. The Balaban J connectivity index is 2.11. The van der Waals surface area contributed by atoms with E-state index in [4.69, 9.17) is 5.73 Å². The minimum atomic E-state index is 0.401. The Morgan fingerprint density at radius 3 is 2.50 bits per heavy atom. The Bertz CT molecular complexity index is 87.3. The number of likely N-dealkylation sites (tertiary alicyclic amines) is 1. The monoisotopic (exact) mass is 142 g/mol. The van der Waals surface area contributed by atoms with Gasteiger partial charge in [0.1, 0.15) is 0 Å². The molecule has 1 unspecified atom stereocenters. The summed E-state index contributed by atoms with van der Waals surface area (Å²) in [5.41, 5.74) is 5.81. The normalized spacial score (nSPS) is 23.4. The standard InChI is InChI=1S/C8H18N2/c1-2-8(9)7-10-5-3-4-6-10/h8H,2-7,9H2,1H3. The molecule has 2 nitrogen and oxygen atoms in total. The van der Waals surface area contributed by atoms with Crippen molar-refractivity contribution in [2.24, 2.45) is 5.73 Å². The molecule has 0 aromatic carbocycles. The zero-order valence-corrected chi connectivity index (χ0v) is 6.84. The average Bonchev–Trinajstić information content (AvgIpc) is 2.40. The van der Waals surface area contributed by atoms with Crippen molar-refractivity contribution in [1.82, 2.24) is 4.90 Å². The molecule has 60 valence electrons. The third-order valence-electron chi connectivity index (χ3n) is 2.22. The highest BCUT2D eigenvalue weighted by Gasteiger charge is 2.13. The summed E-state index contributed by atoms with van der Waals surface area (Å²) in [4.78, 5) is 2.47. The lowest BCUT2D eigenvalue weighted by molar-refractivity contribution is 0.311. The van der Waals surface area contributed by atoms with E-state index in [1.54, 1.807) is 0 Å². The zero-order chi connectivity index (χ0) is 7.40. The minimum Gasteiger partial charge on any atom is -0.327 e. The Hall–Kier alpha value is -0.0800. The fourth-order valence-corrected chi connectivity index (χ4v) is 1.43. The largest absolute Gasteiger partial charge is 0.327 e. The van der Waals surface area contributed by atoms with E-state index >= 15 is 0 Å². The van der Waals surface area contributed by atoms with Crippen LogP contribution in [0.15, 0.2) is 0 Å². The number of nitrogens with two attached hydrogens (primary N) is 1. The number of nitrogens with zero attached hydrogens (tertiary/aromatic N) is 1. The van der Waals surface area contributed by atoms with Crippen molar-refractivity contribution < 1.29 is 0 Å². The maximum absolute atomic E-state index is 5.81. The fraction of sp³-hybridized carbons (Fsp3) is 1.00. The molecule has 0 saturated carbocycles. The molecule has 0 radical (unpaired) electrons. The van der Waals surface area contributed by atoms with E-state index in [1.165, 1.54) is 25.9 Å². The maximum Gasteiger partial charge on any atom is 0.0165 e. The Morgan fingerprint density at radius 2 is 2.00 bits per heavy atom. The Labute approximate surface area is 63.4 Å². The third kappa shape index (κ3) is 2.27. The summed E-state index contributed by atoms with van der Waals surface area (Å²) in [5.74, 6) is 0. The molecule has 1 atom stereocenters. The van der Waals surface area contributed by atoms with E-state index in [-0.39, 0.29) is 0 Å². The van der Waals surface area contributed by atoms with Crippen molar-refractivity contribution in [2.45, 2.75) is 32.2 Å². The zero-order valence-electron chi connectivity index (χ0n) is 6.84. The van der Waals surface area contributed by atoms with Crippen LogP contribution in [0.1, 0.15) is 26.2 Å². The highest BCUT2D eigenvalue weighted by atomic mass is 15.1. The number of hydrogen-bond donors (Lipinski definition) is 1. The molecule has 0 aromatic rings. The molecule has 1 saturated heterocycles. The van der Waals surface area contributed by atoms with Crippen molar-refractivity contribution in [3.05, 3.63) is 0 Å². The van der Waals surface area contributed by atoms with Crippen molar-refractivity contribution in [2.75, 3.05) is 19.6 Å². The van der Waals surface area contributed by atoms with Crippen LogP contribution < -0.4 is 5.73 Å². The van der Waals surface area contributed by atoms with Crippen LogP contribution in [0, 0.1) is 0 Å². The maximum atomic E-state index is 5.81. The van der Waals surface area contributed by atoms with Crippen molar-refractivity contribution in [3.63, 3.8) is 0 Å². The highest BCUT2D eigenvalue weighted by molar-refractivity contribution is 4.71. The van der Waals surface area contributed by atoms with Gasteiger partial charge in [-0.1, -0.05) is 6.92 Å². The average molecular weight is 142 g/mol.